The predicted octanol–water partition coefficient (Wildman–Crippen LogP) is 5.47. The zero-order valence-corrected chi connectivity index (χ0v) is 19.4. The molecule has 1 atom stereocenters. The number of pyridine rings is 1. The highest BCUT2D eigenvalue weighted by molar-refractivity contribution is 5.83. The molecule has 2 aromatic carbocycles. The van der Waals surface area contributed by atoms with E-state index in [1.54, 1.807) is 24.3 Å². The number of nitrogens with zero attached hydrogens (tertiary/aromatic N) is 2. The minimum absolute atomic E-state index is 0.112. The number of hydrogen-bond donors (Lipinski definition) is 1. The van der Waals surface area contributed by atoms with Crippen molar-refractivity contribution >= 4 is 22.9 Å². The smallest absolute Gasteiger partial charge is 0.310 e. The number of aryl methyl sites for hydroxylation is 1. The molecule has 3 aromatic rings. The summed E-state index contributed by atoms with van der Waals surface area (Å²) in [5.41, 5.74) is 0.0903. The van der Waals surface area contributed by atoms with E-state index >= 15 is 0 Å². The third-order valence-corrected chi connectivity index (χ3v) is 6.75. The van der Waals surface area contributed by atoms with Crippen LogP contribution in [-0.2, 0) is 11.2 Å². The van der Waals surface area contributed by atoms with Crippen molar-refractivity contribution < 1.29 is 27.8 Å². The summed E-state index contributed by atoms with van der Waals surface area (Å²) in [4.78, 5) is 18.3. The standard InChI is InChI=1S/C27H27F3N2O3/c1-35-18-9-10-25-21(15-18)19(24(30)16-31-25)5-3-11-27(26(33)34)12-14-32(17-27)13-4-6-20-22(28)7-2-8-23(20)29/h2,4,6-10,15-16H,3,5,11-14,17H2,1H3,(H,33,34)/b6-4+. The molecule has 0 radical (unpaired) electrons. The van der Waals surface area contributed by atoms with Gasteiger partial charge in [0.1, 0.15) is 23.2 Å². The summed E-state index contributed by atoms with van der Waals surface area (Å²) in [5.74, 6) is -1.99. The second kappa shape index (κ2) is 10.5. The van der Waals surface area contributed by atoms with Gasteiger partial charge < -0.3 is 9.84 Å². The first-order valence-electron chi connectivity index (χ1n) is 11.5. The number of rotatable bonds is 9. The number of aromatic nitrogens is 1. The molecule has 0 aliphatic carbocycles. The lowest BCUT2D eigenvalue weighted by Gasteiger charge is -2.24. The highest BCUT2D eigenvalue weighted by atomic mass is 19.1. The number of carbonyl (C=O) groups is 1. The summed E-state index contributed by atoms with van der Waals surface area (Å²) >= 11 is 0. The van der Waals surface area contributed by atoms with Gasteiger partial charge in [-0.3, -0.25) is 14.7 Å². The van der Waals surface area contributed by atoms with Gasteiger partial charge in [-0.05, 0) is 68.1 Å². The Labute approximate surface area is 201 Å². The van der Waals surface area contributed by atoms with Crippen LogP contribution in [0.4, 0.5) is 13.2 Å². The zero-order chi connectivity index (χ0) is 25.0. The molecule has 0 amide bonds. The van der Waals surface area contributed by atoms with Gasteiger partial charge in [0, 0.05) is 24.0 Å². The second-order valence-corrected chi connectivity index (χ2v) is 8.93. The molecule has 1 N–H and O–H groups in total. The van der Waals surface area contributed by atoms with E-state index in [0.29, 0.717) is 67.5 Å². The molecule has 184 valence electrons. The minimum atomic E-state index is -0.950. The Morgan fingerprint density at radius 1 is 1.20 bits per heavy atom. The van der Waals surface area contributed by atoms with Gasteiger partial charge in [0.05, 0.1) is 24.2 Å². The van der Waals surface area contributed by atoms with Crippen LogP contribution in [0.1, 0.15) is 30.4 Å². The molecule has 1 fully saturated rings. The van der Waals surface area contributed by atoms with Gasteiger partial charge in [-0.1, -0.05) is 18.2 Å². The fourth-order valence-corrected chi connectivity index (χ4v) is 4.78. The van der Waals surface area contributed by atoms with Gasteiger partial charge in [-0.15, -0.1) is 0 Å². The fraction of sp³-hybridized carbons (Fsp3) is 0.333. The molecule has 4 rings (SSSR count). The van der Waals surface area contributed by atoms with Crippen LogP contribution in [0.2, 0.25) is 0 Å². The Morgan fingerprint density at radius 2 is 1.97 bits per heavy atom. The Hall–Kier alpha value is -3.39. The molecule has 2 heterocycles. The van der Waals surface area contributed by atoms with Crippen LogP contribution in [-0.4, -0.2) is 47.7 Å². The van der Waals surface area contributed by atoms with Crippen molar-refractivity contribution in [2.24, 2.45) is 5.41 Å². The minimum Gasteiger partial charge on any atom is -0.497 e. The normalized spacial score (nSPS) is 18.5. The Balaban J connectivity index is 1.42. The average molecular weight is 485 g/mol. The predicted molar refractivity (Wildman–Crippen MR) is 128 cm³/mol. The molecule has 1 aliphatic heterocycles. The van der Waals surface area contributed by atoms with Crippen molar-refractivity contribution in [1.29, 1.82) is 0 Å². The Bertz CT molecular complexity index is 1240. The van der Waals surface area contributed by atoms with Crippen LogP contribution < -0.4 is 4.74 Å². The van der Waals surface area contributed by atoms with Crippen molar-refractivity contribution in [3.8, 4) is 5.75 Å². The maximum Gasteiger partial charge on any atom is 0.310 e. The van der Waals surface area contributed by atoms with Gasteiger partial charge in [0.15, 0.2) is 0 Å². The summed E-state index contributed by atoms with van der Waals surface area (Å²) in [6, 6.07) is 8.97. The van der Waals surface area contributed by atoms with Gasteiger partial charge in [0.2, 0.25) is 0 Å². The summed E-state index contributed by atoms with van der Waals surface area (Å²) in [6.07, 6.45) is 5.93. The number of aliphatic carboxylic acids is 1. The van der Waals surface area contributed by atoms with Gasteiger partial charge in [-0.25, -0.2) is 13.2 Å². The van der Waals surface area contributed by atoms with Crippen molar-refractivity contribution in [2.45, 2.75) is 25.7 Å². The highest BCUT2D eigenvalue weighted by Crippen LogP contribution is 2.37. The largest absolute Gasteiger partial charge is 0.497 e. The monoisotopic (exact) mass is 484 g/mol. The third-order valence-electron chi connectivity index (χ3n) is 6.75. The van der Waals surface area contributed by atoms with Crippen LogP contribution in [0.15, 0.2) is 48.7 Å². The maximum absolute atomic E-state index is 14.6. The number of fused-ring (bicyclic) bond motifs is 1. The summed E-state index contributed by atoms with van der Waals surface area (Å²) in [7, 11) is 1.54. The molecular formula is C27H27F3N2O3. The number of benzene rings is 2. The van der Waals surface area contributed by atoms with Gasteiger partial charge in [-0.2, -0.15) is 0 Å². The van der Waals surface area contributed by atoms with Crippen molar-refractivity contribution in [3.63, 3.8) is 0 Å². The molecule has 0 bridgehead atoms. The first-order chi connectivity index (χ1) is 16.8. The number of hydrogen-bond acceptors (Lipinski definition) is 4. The molecule has 8 heteroatoms. The quantitative estimate of drug-likeness (QED) is 0.436. The SMILES string of the molecule is COc1ccc2ncc(F)c(CCCC3(C(=O)O)CCN(C/C=C/c4c(F)cccc4F)C3)c2c1. The van der Waals surface area contributed by atoms with Crippen molar-refractivity contribution in [3.05, 3.63) is 77.2 Å². The average Bonchev–Trinajstić information content (AvgIpc) is 3.26. The van der Waals surface area contributed by atoms with E-state index in [2.05, 4.69) is 4.98 Å². The number of ether oxygens (including phenoxy) is 1. The van der Waals surface area contributed by atoms with E-state index < -0.39 is 28.8 Å². The van der Waals surface area contributed by atoms with Crippen molar-refractivity contribution in [2.75, 3.05) is 26.7 Å². The lowest BCUT2D eigenvalue weighted by Crippen LogP contribution is -2.35. The molecule has 35 heavy (non-hydrogen) atoms. The highest BCUT2D eigenvalue weighted by Gasteiger charge is 2.43. The molecule has 1 aromatic heterocycles. The molecule has 5 nitrogen and oxygen atoms in total. The van der Waals surface area contributed by atoms with Crippen LogP contribution in [0.3, 0.4) is 0 Å². The van der Waals surface area contributed by atoms with Crippen molar-refractivity contribution in [1.82, 2.24) is 9.88 Å². The van der Waals surface area contributed by atoms with Crippen LogP contribution in [0.5, 0.6) is 5.75 Å². The summed E-state index contributed by atoms with van der Waals surface area (Å²) < 4.78 is 47.5. The molecule has 1 unspecified atom stereocenters. The molecular weight excluding hydrogens is 457 g/mol. The first kappa shape index (κ1) is 24.7. The number of methoxy groups -OCH3 is 1. The van der Waals surface area contributed by atoms with E-state index in [9.17, 15) is 23.1 Å². The molecule has 0 saturated carbocycles. The lowest BCUT2D eigenvalue weighted by atomic mass is 9.81. The van der Waals surface area contributed by atoms with E-state index in [1.165, 1.54) is 37.6 Å². The first-order valence-corrected chi connectivity index (χ1v) is 11.5. The topological polar surface area (TPSA) is 62.7 Å². The fourth-order valence-electron chi connectivity index (χ4n) is 4.78. The van der Waals surface area contributed by atoms with Crippen LogP contribution in [0.25, 0.3) is 17.0 Å². The zero-order valence-electron chi connectivity index (χ0n) is 19.4. The van der Waals surface area contributed by atoms with Crippen LogP contribution in [0, 0.1) is 22.9 Å². The molecule has 0 spiro atoms. The second-order valence-electron chi connectivity index (χ2n) is 8.93. The number of halogens is 3. The summed E-state index contributed by atoms with van der Waals surface area (Å²) in [6.45, 7) is 1.26. The van der Waals surface area contributed by atoms with E-state index in [-0.39, 0.29) is 5.56 Å². The lowest BCUT2D eigenvalue weighted by molar-refractivity contribution is -0.148. The van der Waals surface area contributed by atoms with E-state index in [0.717, 1.165) is 0 Å². The number of carboxylic acid groups (broad SMARTS) is 1. The molecule has 1 aliphatic rings. The Kier molecular flexibility index (Phi) is 7.40. The number of carboxylic acids is 1. The van der Waals surface area contributed by atoms with Crippen LogP contribution >= 0.6 is 0 Å². The van der Waals surface area contributed by atoms with Gasteiger partial charge >= 0.3 is 5.97 Å². The van der Waals surface area contributed by atoms with E-state index in [1.807, 2.05) is 4.90 Å². The van der Waals surface area contributed by atoms with Gasteiger partial charge in [0.25, 0.3) is 0 Å². The summed E-state index contributed by atoms with van der Waals surface area (Å²) in [5, 5.41) is 10.7. The molecule has 1 saturated heterocycles. The number of likely N-dealkylation sites (tertiary alicyclic amines) is 1. The third kappa shape index (κ3) is 5.32. The maximum atomic E-state index is 14.6. The van der Waals surface area contributed by atoms with E-state index in [4.69, 9.17) is 4.74 Å². The Morgan fingerprint density at radius 3 is 2.69 bits per heavy atom.